The highest BCUT2D eigenvalue weighted by atomic mass is 32.2. The van der Waals surface area contributed by atoms with Gasteiger partial charge in [-0.15, -0.1) is 11.8 Å². The lowest BCUT2D eigenvalue weighted by Crippen LogP contribution is -2.23. The van der Waals surface area contributed by atoms with Gasteiger partial charge < -0.3 is 5.73 Å². The zero-order valence-corrected chi connectivity index (χ0v) is 10.7. The van der Waals surface area contributed by atoms with Crippen molar-refractivity contribution in [1.29, 1.82) is 0 Å². The summed E-state index contributed by atoms with van der Waals surface area (Å²) in [6.45, 7) is 7.39. The normalized spacial score (nSPS) is 14.9. The van der Waals surface area contributed by atoms with Crippen LogP contribution in [0.4, 0.5) is 0 Å². The fourth-order valence-electron chi connectivity index (χ4n) is 1.52. The Hall–Kier alpha value is -0.470. The molecule has 1 nitrogen and oxygen atoms in total. The van der Waals surface area contributed by atoms with Crippen LogP contribution in [0.5, 0.6) is 0 Å². The first-order valence-corrected chi connectivity index (χ1v) is 6.48. The van der Waals surface area contributed by atoms with Crippen LogP contribution in [0, 0.1) is 12.8 Å². The Morgan fingerprint density at radius 1 is 1.40 bits per heavy atom. The van der Waals surface area contributed by atoms with E-state index in [4.69, 9.17) is 5.73 Å². The molecular formula is C13H21NS. The zero-order valence-electron chi connectivity index (χ0n) is 9.86. The largest absolute Gasteiger partial charge is 0.329 e. The molecule has 15 heavy (non-hydrogen) atoms. The molecule has 2 atom stereocenters. The average Bonchev–Trinajstić information content (AvgIpc) is 2.25. The Bertz CT molecular complexity index is 298. The van der Waals surface area contributed by atoms with E-state index in [0.717, 1.165) is 6.54 Å². The van der Waals surface area contributed by atoms with Crippen LogP contribution in [-0.2, 0) is 0 Å². The molecule has 0 aliphatic rings. The highest BCUT2D eigenvalue weighted by Crippen LogP contribution is 2.29. The summed E-state index contributed by atoms with van der Waals surface area (Å²) in [4.78, 5) is 1.34. The lowest BCUT2D eigenvalue weighted by atomic mass is 10.1. The number of thioether (sulfide) groups is 1. The number of hydrogen-bond acceptors (Lipinski definition) is 2. The maximum atomic E-state index is 5.81. The van der Waals surface area contributed by atoms with Crippen LogP contribution in [0.2, 0.25) is 0 Å². The van der Waals surface area contributed by atoms with E-state index in [2.05, 4.69) is 45.0 Å². The molecule has 1 aromatic rings. The molecule has 0 spiro atoms. The van der Waals surface area contributed by atoms with Crippen LogP contribution >= 0.6 is 11.8 Å². The number of rotatable bonds is 5. The van der Waals surface area contributed by atoms with Crippen LogP contribution in [-0.4, -0.2) is 11.8 Å². The molecule has 0 fully saturated rings. The van der Waals surface area contributed by atoms with Gasteiger partial charge in [-0.25, -0.2) is 0 Å². The van der Waals surface area contributed by atoms with Crippen LogP contribution in [0.3, 0.4) is 0 Å². The number of aryl methyl sites for hydroxylation is 1. The van der Waals surface area contributed by atoms with E-state index in [9.17, 15) is 0 Å². The first-order valence-electron chi connectivity index (χ1n) is 5.60. The van der Waals surface area contributed by atoms with Gasteiger partial charge in [0.25, 0.3) is 0 Å². The van der Waals surface area contributed by atoms with Crippen molar-refractivity contribution in [2.24, 2.45) is 11.7 Å². The predicted octanol–water partition coefficient (Wildman–Crippen LogP) is 3.46. The van der Waals surface area contributed by atoms with E-state index in [1.807, 2.05) is 11.8 Å². The van der Waals surface area contributed by atoms with Crippen molar-refractivity contribution >= 4 is 11.8 Å². The highest BCUT2D eigenvalue weighted by Gasteiger charge is 2.15. The Morgan fingerprint density at radius 3 is 2.67 bits per heavy atom. The second kappa shape index (κ2) is 6.19. The third-order valence-electron chi connectivity index (χ3n) is 2.79. The highest BCUT2D eigenvalue weighted by molar-refractivity contribution is 8.00. The van der Waals surface area contributed by atoms with E-state index in [1.54, 1.807) is 0 Å². The predicted molar refractivity (Wildman–Crippen MR) is 69.3 cm³/mol. The van der Waals surface area contributed by atoms with Crippen LogP contribution < -0.4 is 5.73 Å². The van der Waals surface area contributed by atoms with E-state index in [1.165, 1.54) is 16.9 Å². The zero-order chi connectivity index (χ0) is 11.3. The van der Waals surface area contributed by atoms with Gasteiger partial charge in [-0.05, 0) is 25.0 Å². The Labute approximate surface area is 97.4 Å². The van der Waals surface area contributed by atoms with Gasteiger partial charge in [-0.3, -0.25) is 0 Å². The Balaban J connectivity index is 2.66. The number of hydrogen-bond donors (Lipinski definition) is 1. The summed E-state index contributed by atoms with van der Waals surface area (Å²) in [6.07, 6.45) is 1.20. The monoisotopic (exact) mass is 223 g/mol. The van der Waals surface area contributed by atoms with Gasteiger partial charge in [-0.2, -0.15) is 0 Å². The van der Waals surface area contributed by atoms with E-state index < -0.39 is 0 Å². The minimum Gasteiger partial charge on any atom is -0.329 e. The summed E-state index contributed by atoms with van der Waals surface area (Å²) < 4.78 is 0. The molecule has 2 N–H and O–H groups in total. The molecule has 2 unspecified atom stereocenters. The quantitative estimate of drug-likeness (QED) is 0.774. The average molecular weight is 223 g/mol. The van der Waals surface area contributed by atoms with E-state index in [-0.39, 0.29) is 0 Å². The topological polar surface area (TPSA) is 26.0 Å². The standard InChI is InChI=1S/C13H21NS/c1-4-11(3)13(9-14)15-12-7-5-6-10(2)8-12/h5-8,11,13H,4,9,14H2,1-3H3. The van der Waals surface area contributed by atoms with Gasteiger partial charge in [0.15, 0.2) is 0 Å². The summed E-state index contributed by atoms with van der Waals surface area (Å²) >= 11 is 1.91. The summed E-state index contributed by atoms with van der Waals surface area (Å²) in [7, 11) is 0. The molecule has 0 radical (unpaired) electrons. The van der Waals surface area contributed by atoms with Gasteiger partial charge in [0, 0.05) is 16.7 Å². The van der Waals surface area contributed by atoms with Crippen LogP contribution in [0.15, 0.2) is 29.2 Å². The number of nitrogens with two attached hydrogens (primary N) is 1. The van der Waals surface area contributed by atoms with Crippen molar-refractivity contribution in [1.82, 2.24) is 0 Å². The van der Waals surface area contributed by atoms with Gasteiger partial charge in [-0.1, -0.05) is 38.0 Å². The lowest BCUT2D eigenvalue weighted by molar-refractivity contribution is 0.538. The molecule has 0 amide bonds. The molecule has 0 aromatic heterocycles. The van der Waals surface area contributed by atoms with Gasteiger partial charge in [0.1, 0.15) is 0 Å². The molecule has 2 heteroatoms. The Morgan fingerprint density at radius 2 is 2.13 bits per heavy atom. The number of benzene rings is 1. The fraction of sp³-hybridized carbons (Fsp3) is 0.538. The van der Waals surface area contributed by atoms with Gasteiger partial charge in [0.05, 0.1) is 0 Å². The molecule has 0 saturated carbocycles. The van der Waals surface area contributed by atoms with E-state index >= 15 is 0 Å². The van der Waals surface area contributed by atoms with Crippen molar-refractivity contribution in [3.63, 3.8) is 0 Å². The fourth-order valence-corrected chi connectivity index (χ4v) is 2.80. The van der Waals surface area contributed by atoms with Crippen molar-refractivity contribution in [3.8, 4) is 0 Å². The SMILES string of the molecule is CCC(C)C(CN)Sc1cccc(C)c1. The molecular weight excluding hydrogens is 202 g/mol. The minimum atomic E-state index is 0.539. The van der Waals surface area contributed by atoms with Crippen LogP contribution in [0.25, 0.3) is 0 Å². The maximum Gasteiger partial charge on any atom is 0.0243 e. The molecule has 0 aliphatic heterocycles. The molecule has 0 heterocycles. The summed E-state index contributed by atoms with van der Waals surface area (Å²) in [5, 5.41) is 0.539. The van der Waals surface area contributed by atoms with Crippen molar-refractivity contribution in [2.75, 3.05) is 6.54 Å². The van der Waals surface area contributed by atoms with Gasteiger partial charge >= 0.3 is 0 Å². The van der Waals surface area contributed by atoms with Crippen LogP contribution in [0.1, 0.15) is 25.8 Å². The third kappa shape index (κ3) is 3.88. The van der Waals surface area contributed by atoms with Crippen molar-refractivity contribution in [3.05, 3.63) is 29.8 Å². The lowest BCUT2D eigenvalue weighted by Gasteiger charge is -2.20. The first-order chi connectivity index (χ1) is 7.17. The summed E-state index contributed by atoms with van der Waals surface area (Å²) in [5.41, 5.74) is 7.13. The first kappa shape index (κ1) is 12.6. The molecule has 84 valence electrons. The van der Waals surface area contributed by atoms with Crippen molar-refractivity contribution in [2.45, 2.75) is 37.3 Å². The molecule has 0 saturated heterocycles. The second-order valence-corrected chi connectivity index (χ2v) is 5.41. The smallest absolute Gasteiger partial charge is 0.0243 e. The summed E-state index contributed by atoms with van der Waals surface area (Å²) in [5.74, 6) is 0.681. The van der Waals surface area contributed by atoms with Crippen molar-refractivity contribution < 1.29 is 0 Å². The third-order valence-corrected chi connectivity index (χ3v) is 4.27. The Kier molecular flexibility index (Phi) is 5.20. The summed E-state index contributed by atoms with van der Waals surface area (Å²) in [6, 6.07) is 8.64. The van der Waals surface area contributed by atoms with E-state index in [0.29, 0.717) is 11.2 Å². The van der Waals surface area contributed by atoms with Gasteiger partial charge in [0.2, 0.25) is 0 Å². The molecule has 0 bridgehead atoms. The minimum absolute atomic E-state index is 0.539. The maximum absolute atomic E-state index is 5.81. The molecule has 0 aliphatic carbocycles. The molecule has 1 rings (SSSR count). The second-order valence-electron chi connectivity index (χ2n) is 4.09. The molecule has 1 aromatic carbocycles.